The molecule has 8 nitrogen and oxygen atoms in total. The van der Waals surface area contributed by atoms with Crippen LogP contribution in [0.25, 0.3) is 0 Å². The Morgan fingerprint density at radius 1 is 1.10 bits per heavy atom. The van der Waals surface area contributed by atoms with Gasteiger partial charge in [0.05, 0.1) is 22.2 Å². The van der Waals surface area contributed by atoms with Crippen LogP contribution in [0.4, 0.5) is 0 Å². The number of halogens is 2. The molecule has 3 N–H and O–H groups in total. The van der Waals surface area contributed by atoms with Crippen molar-refractivity contribution in [3.8, 4) is 0 Å². The summed E-state index contributed by atoms with van der Waals surface area (Å²) in [6.07, 6.45) is 1.51. The van der Waals surface area contributed by atoms with E-state index in [9.17, 15) is 21.6 Å². The molecular weight excluding hydrogens is 481 g/mol. The second-order valence-corrected chi connectivity index (χ2v) is 12.0. The predicted molar refractivity (Wildman–Crippen MR) is 112 cm³/mol. The number of carbonyl (C=O) groups excluding carboxylic acids is 1. The molecule has 0 saturated heterocycles. The van der Waals surface area contributed by atoms with Crippen molar-refractivity contribution >= 4 is 60.5 Å². The van der Waals surface area contributed by atoms with E-state index in [1.807, 2.05) is 0 Å². The highest BCUT2D eigenvalue weighted by Crippen LogP contribution is 2.31. The summed E-state index contributed by atoms with van der Waals surface area (Å²) in [7, 11) is -6.13. The Kier molecular flexibility index (Phi) is 6.59. The highest BCUT2D eigenvalue weighted by atomic mass is 35.5. The van der Waals surface area contributed by atoms with Gasteiger partial charge in [0.15, 0.2) is 0 Å². The van der Waals surface area contributed by atoms with Crippen LogP contribution < -0.4 is 14.8 Å². The number of sulfonamides is 2. The van der Waals surface area contributed by atoms with Crippen LogP contribution >= 0.6 is 34.5 Å². The quantitative estimate of drug-likeness (QED) is 0.516. The van der Waals surface area contributed by atoms with E-state index in [1.165, 1.54) is 19.2 Å². The Bertz CT molecular complexity index is 1160. The van der Waals surface area contributed by atoms with Gasteiger partial charge < -0.3 is 5.32 Å². The van der Waals surface area contributed by atoms with Crippen LogP contribution in [0, 0.1) is 0 Å². The van der Waals surface area contributed by atoms with Gasteiger partial charge in [-0.2, -0.15) is 0 Å². The lowest BCUT2D eigenvalue weighted by atomic mass is 10.2. The van der Waals surface area contributed by atoms with Crippen molar-refractivity contribution in [2.24, 2.45) is 0 Å². The lowest BCUT2D eigenvalue weighted by Gasteiger charge is -2.11. The Balaban J connectivity index is 1.78. The molecule has 13 heteroatoms. The third kappa shape index (κ3) is 5.29. The van der Waals surface area contributed by atoms with E-state index in [0.717, 1.165) is 30.2 Å². The second-order valence-electron chi connectivity index (χ2n) is 6.27. The van der Waals surface area contributed by atoms with Crippen LogP contribution in [0.15, 0.2) is 33.4 Å². The van der Waals surface area contributed by atoms with Gasteiger partial charge in [-0.15, -0.1) is 11.3 Å². The molecule has 1 saturated carbocycles. The summed E-state index contributed by atoms with van der Waals surface area (Å²) in [6, 6.07) is 5.24. The molecule has 29 heavy (non-hydrogen) atoms. The Morgan fingerprint density at radius 3 is 2.41 bits per heavy atom. The van der Waals surface area contributed by atoms with Crippen molar-refractivity contribution in [3.63, 3.8) is 0 Å². The highest BCUT2D eigenvalue weighted by molar-refractivity contribution is 7.91. The van der Waals surface area contributed by atoms with Gasteiger partial charge in [-0.05, 0) is 44.2 Å². The smallest absolute Gasteiger partial charge is 0.253 e. The monoisotopic (exact) mass is 497 g/mol. The lowest BCUT2D eigenvalue weighted by Crippen LogP contribution is -2.27. The average molecular weight is 498 g/mol. The first kappa shape index (κ1) is 22.5. The number of benzene rings is 1. The fraction of sp³-hybridized carbons (Fsp3) is 0.312. The number of carbonyl (C=O) groups is 1. The molecule has 0 radical (unpaired) electrons. The van der Waals surface area contributed by atoms with Crippen LogP contribution in [0.1, 0.15) is 28.1 Å². The van der Waals surface area contributed by atoms with E-state index in [-0.39, 0.29) is 37.3 Å². The molecule has 1 aliphatic rings. The van der Waals surface area contributed by atoms with E-state index in [2.05, 4.69) is 14.8 Å². The first-order valence-corrected chi connectivity index (χ1v) is 12.9. The van der Waals surface area contributed by atoms with Gasteiger partial charge in [-0.1, -0.05) is 23.2 Å². The number of nitrogens with one attached hydrogen (secondary N) is 3. The van der Waals surface area contributed by atoms with Crippen molar-refractivity contribution < 1.29 is 21.6 Å². The van der Waals surface area contributed by atoms with Crippen LogP contribution in [-0.2, 0) is 26.6 Å². The molecule has 1 aliphatic carbocycles. The first-order chi connectivity index (χ1) is 13.5. The summed E-state index contributed by atoms with van der Waals surface area (Å²) in [5, 5.41) is 2.52. The van der Waals surface area contributed by atoms with Crippen LogP contribution in [0.3, 0.4) is 0 Å². The summed E-state index contributed by atoms with van der Waals surface area (Å²) in [5.41, 5.74) is -0.0492. The van der Waals surface area contributed by atoms with Gasteiger partial charge in [0.25, 0.3) is 5.91 Å². The maximum Gasteiger partial charge on any atom is 0.253 e. The first-order valence-electron chi connectivity index (χ1n) is 8.35. The number of hydrogen-bond acceptors (Lipinski definition) is 6. The summed E-state index contributed by atoms with van der Waals surface area (Å²) in [5.74, 6) is -0.610. The third-order valence-electron chi connectivity index (χ3n) is 4.05. The zero-order valence-corrected chi connectivity index (χ0v) is 19.0. The Morgan fingerprint density at radius 2 is 1.79 bits per heavy atom. The SMILES string of the molecule is CNS(=O)(=O)c1ccc(CNC(=O)c2cc(S(=O)(=O)NC3CC3)c(Cl)cc2Cl)s1. The summed E-state index contributed by atoms with van der Waals surface area (Å²) < 4.78 is 53.3. The maximum absolute atomic E-state index is 12.5. The molecular formula is C16H17Cl2N3O5S3. The molecule has 0 bridgehead atoms. The lowest BCUT2D eigenvalue weighted by molar-refractivity contribution is 0.0951. The van der Waals surface area contributed by atoms with E-state index in [4.69, 9.17) is 23.2 Å². The zero-order chi connectivity index (χ0) is 21.4. The predicted octanol–water partition coefficient (Wildman–Crippen LogP) is 2.33. The van der Waals surface area contributed by atoms with E-state index in [0.29, 0.717) is 4.88 Å². The summed E-state index contributed by atoms with van der Waals surface area (Å²) in [6.45, 7) is 0.0457. The van der Waals surface area contributed by atoms with Gasteiger partial charge in [-0.25, -0.2) is 26.3 Å². The van der Waals surface area contributed by atoms with Crippen molar-refractivity contribution in [1.29, 1.82) is 0 Å². The van der Waals surface area contributed by atoms with E-state index in [1.54, 1.807) is 6.07 Å². The fourth-order valence-electron chi connectivity index (χ4n) is 2.35. The maximum atomic E-state index is 12.5. The minimum atomic E-state index is -3.88. The largest absolute Gasteiger partial charge is 0.347 e. The molecule has 0 spiro atoms. The molecule has 1 heterocycles. The van der Waals surface area contributed by atoms with E-state index >= 15 is 0 Å². The minimum absolute atomic E-state index is 0.00232. The van der Waals surface area contributed by atoms with Crippen molar-refractivity contribution in [2.75, 3.05) is 7.05 Å². The van der Waals surface area contributed by atoms with Crippen molar-refractivity contribution in [1.82, 2.24) is 14.8 Å². The van der Waals surface area contributed by atoms with Gasteiger partial charge in [0.2, 0.25) is 20.0 Å². The molecule has 1 aromatic heterocycles. The van der Waals surface area contributed by atoms with Crippen molar-refractivity contribution in [2.45, 2.75) is 34.5 Å². The van der Waals surface area contributed by atoms with Crippen LogP contribution in [-0.4, -0.2) is 35.8 Å². The molecule has 0 unspecified atom stereocenters. The molecule has 3 rings (SSSR count). The number of hydrogen-bond donors (Lipinski definition) is 3. The molecule has 1 aromatic carbocycles. The molecule has 0 aliphatic heterocycles. The Labute approximate surface area is 182 Å². The molecule has 1 amide bonds. The van der Waals surface area contributed by atoms with Gasteiger partial charge in [-0.3, -0.25) is 4.79 Å². The zero-order valence-electron chi connectivity index (χ0n) is 15.0. The fourth-order valence-corrected chi connectivity index (χ4v) is 6.65. The van der Waals surface area contributed by atoms with Crippen LogP contribution in [0.5, 0.6) is 0 Å². The summed E-state index contributed by atoms with van der Waals surface area (Å²) in [4.78, 5) is 12.9. The third-order valence-corrected chi connectivity index (χ3v) is 9.34. The standard InChI is InChI=1S/C16H17Cl2N3O5S3/c1-19-29(25,26)15-5-4-10(27-15)8-20-16(22)11-6-14(13(18)7-12(11)17)28(23,24)21-9-2-3-9/h4-7,9,19,21H,2-3,8H2,1H3,(H,20,22). The topological polar surface area (TPSA) is 121 Å². The number of thiophene rings is 1. The Hall–Kier alpha value is -1.21. The molecule has 158 valence electrons. The van der Waals surface area contributed by atoms with Gasteiger partial charge >= 0.3 is 0 Å². The minimum Gasteiger partial charge on any atom is -0.347 e. The normalized spacial score (nSPS) is 14.7. The van der Waals surface area contributed by atoms with Gasteiger partial charge in [0.1, 0.15) is 9.10 Å². The number of amides is 1. The molecule has 2 aromatic rings. The molecule has 0 atom stereocenters. The average Bonchev–Trinajstić information content (AvgIpc) is 3.30. The van der Waals surface area contributed by atoms with E-state index < -0.39 is 26.0 Å². The molecule has 1 fully saturated rings. The second kappa shape index (κ2) is 8.50. The summed E-state index contributed by atoms with van der Waals surface area (Å²) >= 11 is 13.1. The van der Waals surface area contributed by atoms with Crippen LogP contribution in [0.2, 0.25) is 10.0 Å². The number of rotatable bonds is 8. The van der Waals surface area contributed by atoms with Crippen molar-refractivity contribution in [3.05, 3.63) is 44.8 Å². The van der Waals surface area contributed by atoms with Gasteiger partial charge in [0, 0.05) is 10.9 Å². The highest BCUT2D eigenvalue weighted by Gasteiger charge is 2.30.